The van der Waals surface area contributed by atoms with E-state index in [1.54, 1.807) is 13.0 Å². The molecule has 0 bridgehead atoms. The van der Waals surface area contributed by atoms with Crippen molar-refractivity contribution in [3.05, 3.63) is 54.0 Å². The number of benzene rings is 1. The second kappa shape index (κ2) is 5.00. The summed E-state index contributed by atoms with van der Waals surface area (Å²) < 4.78 is 5.31. The molecule has 1 amide bonds. The van der Waals surface area contributed by atoms with Gasteiger partial charge in [0.05, 0.1) is 0 Å². The third kappa shape index (κ3) is 2.18. The Kier molecular flexibility index (Phi) is 3.04. The van der Waals surface area contributed by atoms with Crippen molar-refractivity contribution in [3.8, 4) is 11.3 Å². The molecule has 0 aliphatic carbocycles. The van der Waals surface area contributed by atoms with Crippen LogP contribution in [0.4, 0.5) is 5.69 Å². The van der Waals surface area contributed by atoms with E-state index in [1.807, 2.05) is 30.3 Å². The summed E-state index contributed by atoms with van der Waals surface area (Å²) in [5.41, 5.74) is 2.42. The number of rotatable bonds is 3. The molecule has 0 radical (unpaired) electrons. The van der Waals surface area contributed by atoms with Gasteiger partial charge in [-0.1, -0.05) is 35.5 Å². The molecule has 3 aromatic rings. The number of H-pyrrole nitrogens is 1. The number of amides is 1. The molecule has 0 fully saturated rings. The first-order valence-electron chi connectivity index (χ1n) is 6.08. The van der Waals surface area contributed by atoms with Gasteiger partial charge in [-0.2, -0.15) is 5.10 Å². The third-order valence-electron chi connectivity index (χ3n) is 2.88. The lowest BCUT2D eigenvalue weighted by Crippen LogP contribution is -2.13. The van der Waals surface area contributed by atoms with Gasteiger partial charge in [0.1, 0.15) is 17.1 Å². The Morgan fingerprint density at radius 3 is 2.75 bits per heavy atom. The zero-order valence-corrected chi connectivity index (χ0v) is 10.8. The quantitative estimate of drug-likeness (QED) is 0.764. The lowest BCUT2D eigenvalue weighted by atomic mass is 10.1. The van der Waals surface area contributed by atoms with Crippen LogP contribution in [0.2, 0.25) is 0 Å². The largest absolute Gasteiger partial charge is 0.354 e. The zero-order valence-electron chi connectivity index (χ0n) is 10.8. The SMILES string of the molecule is Cc1noc(-c2ccccc2)c1NC(=O)c1ccn[nH]1. The normalized spacial score (nSPS) is 10.4. The molecule has 0 spiro atoms. The van der Waals surface area contributed by atoms with Gasteiger partial charge in [-0.25, -0.2) is 0 Å². The minimum Gasteiger partial charge on any atom is -0.354 e. The number of hydrogen-bond donors (Lipinski definition) is 2. The van der Waals surface area contributed by atoms with Crippen LogP contribution in [-0.4, -0.2) is 21.3 Å². The van der Waals surface area contributed by atoms with E-state index in [0.29, 0.717) is 22.8 Å². The van der Waals surface area contributed by atoms with Crippen molar-refractivity contribution in [3.63, 3.8) is 0 Å². The highest BCUT2D eigenvalue weighted by molar-refractivity contribution is 6.04. The van der Waals surface area contributed by atoms with Gasteiger partial charge in [0.15, 0.2) is 5.76 Å². The summed E-state index contributed by atoms with van der Waals surface area (Å²) in [6, 6.07) is 11.1. The van der Waals surface area contributed by atoms with Crippen LogP contribution in [0.25, 0.3) is 11.3 Å². The molecule has 0 aliphatic heterocycles. The summed E-state index contributed by atoms with van der Waals surface area (Å²) in [5, 5.41) is 13.1. The number of anilines is 1. The highest BCUT2D eigenvalue weighted by atomic mass is 16.5. The molecule has 2 aromatic heterocycles. The van der Waals surface area contributed by atoms with Crippen molar-refractivity contribution >= 4 is 11.6 Å². The van der Waals surface area contributed by atoms with Gasteiger partial charge in [0.2, 0.25) is 0 Å². The molecule has 2 heterocycles. The Hall–Kier alpha value is -2.89. The molecule has 6 nitrogen and oxygen atoms in total. The lowest BCUT2D eigenvalue weighted by Gasteiger charge is -2.04. The average Bonchev–Trinajstić information content (AvgIpc) is 3.11. The molecular weight excluding hydrogens is 256 g/mol. The van der Waals surface area contributed by atoms with Crippen LogP contribution in [-0.2, 0) is 0 Å². The predicted octanol–water partition coefficient (Wildman–Crippen LogP) is 2.63. The van der Waals surface area contributed by atoms with E-state index in [2.05, 4.69) is 20.7 Å². The van der Waals surface area contributed by atoms with Crippen molar-refractivity contribution < 1.29 is 9.32 Å². The molecule has 0 saturated heterocycles. The molecule has 2 N–H and O–H groups in total. The van der Waals surface area contributed by atoms with Gasteiger partial charge in [-0.05, 0) is 13.0 Å². The van der Waals surface area contributed by atoms with Crippen molar-refractivity contribution in [2.24, 2.45) is 0 Å². The second-order valence-corrected chi connectivity index (χ2v) is 4.26. The van der Waals surface area contributed by atoms with Gasteiger partial charge in [-0.15, -0.1) is 0 Å². The maximum atomic E-state index is 12.1. The molecule has 0 unspecified atom stereocenters. The summed E-state index contributed by atoms with van der Waals surface area (Å²) in [4.78, 5) is 12.1. The number of nitrogens with zero attached hydrogens (tertiary/aromatic N) is 2. The molecule has 1 aromatic carbocycles. The first kappa shape index (κ1) is 12.2. The smallest absolute Gasteiger partial charge is 0.273 e. The van der Waals surface area contributed by atoms with Gasteiger partial charge in [0, 0.05) is 11.8 Å². The Balaban J connectivity index is 1.94. The maximum absolute atomic E-state index is 12.1. The summed E-state index contributed by atoms with van der Waals surface area (Å²) in [5.74, 6) is 0.252. The highest BCUT2D eigenvalue weighted by Crippen LogP contribution is 2.30. The van der Waals surface area contributed by atoms with Crippen LogP contribution >= 0.6 is 0 Å². The molecule has 6 heteroatoms. The summed E-state index contributed by atoms with van der Waals surface area (Å²) in [7, 11) is 0. The van der Waals surface area contributed by atoms with Gasteiger partial charge < -0.3 is 9.84 Å². The molecule has 100 valence electrons. The van der Waals surface area contributed by atoms with Crippen molar-refractivity contribution in [2.75, 3.05) is 5.32 Å². The van der Waals surface area contributed by atoms with Gasteiger partial charge >= 0.3 is 0 Å². The Bertz CT molecular complexity index is 717. The molecule has 20 heavy (non-hydrogen) atoms. The van der Waals surface area contributed by atoms with E-state index in [1.165, 1.54) is 6.20 Å². The Labute approximate surface area is 114 Å². The fourth-order valence-electron chi connectivity index (χ4n) is 1.87. The Morgan fingerprint density at radius 2 is 2.05 bits per heavy atom. The Morgan fingerprint density at radius 1 is 1.25 bits per heavy atom. The number of carbonyl (C=O) groups is 1. The fourth-order valence-corrected chi connectivity index (χ4v) is 1.87. The number of aryl methyl sites for hydroxylation is 1. The number of hydrogen-bond acceptors (Lipinski definition) is 4. The number of aromatic nitrogens is 3. The van der Waals surface area contributed by atoms with Crippen LogP contribution < -0.4 is 5.32 Å². The van der Waals surface area contributed by atoms with Crippen molar-refractivity contribution in [2.45, 2.75) is 6.92 Å². The fraction of sp³-hybridized carbons (Fsp3) is 0.0714. The molecule has 0 saturated carbocycles. The van der Waals surface area contributed by atoms with Crippen LogP contribution in [0.3, 0.4) is 0 Å². The minimum atomic E-state index is -0.286. The molecule has 0 atom stereocenters. The zero-order chi connectivity index (χ0) is 13.9. The van der Waals surface area contributed by atoms with Gasteiger partial charge in [0.25, 0.3) is 5.91 Å². The van der Waals surface area contributed by atoms with E-state index in [4.69, 9.17) is 4.52 Å². The standard InChI is InChI=1S/C14H12N4O2/c1-9-12(16-14(19)11-7-8-15-17-11)13(20-18-9)10-5-3-2-4-6-10/h2-8H,1H3,(H,15,17)(H,16,19). The van der Waals surface area contributed by atoms with Crippen LogP contribution in [0.15, 0.2) is 47.1 Å². The van der Waals surface area contributed by atoms with Gasteiger partial charge in [-0.3, -0.25) is 9.89 Å². The predicted molar refractivity (Wildman–Crippen MR) is 73.2 cm³/mol. The highest BCUT2D eigenvalue weighted by Gasteiger charge is 2.18. The minimum absolute atomic E-state index is 0.286. The topological polar surface area (TPSA) is 83.8 Å². The summed E-state index contributed by atoms with van der Waals surface area (Å²) in [6.45, 7) is 1.78. The van der Waals surface area contributed by atoms with Crippen molar-refractivity contribution in [1.29, 1.82) is 0 Å². The summed E-state index contributed by atoms with van der Waals surface area (Å²) >= 11 is 0. The second-order valence-electron chi connectivity index (χ2n) is 4.26. The first-order chi connectivity index (χ1) is 9.75. The molecular formula is C14H12N4O2. The van der Waals surface area contributed by atoms with E-state index in [0.717, 1.165) is 5.56 Å². The number of aromatic amines is 1. The third-order valence-corrected chi connectivity index (χ3v) is 2.88. The summed E-state index contributed by atoms with van der Waals surface area (Å²) in [6.07, 6.45) is 1.52. The maximum Gasteiger partial charge on any atom is 0.273 e. The first-order valence-corrected chi connectivity index (χ1v) is 6.08. The van der Waals surface area contributed by atoms with E-state index in [-0.39, 0.29) is 5.91 Å². The molecule has 0 aliphatic rings. The van der Waals surface area contributed by atoms with Crippen LogP contribution in [0.1, 0.15) is 16.2 Å². The monoisotopic (exact) mass is 268 g/mol. The number of nitrogens with one attached hydrogen (secondary N) is 2. The molecule has 3 rings (SSSR count). The number of carbonyl (C=O) groups excluding carboxylic acids is 1. The van der Waals surface area contributed by atoms with E-state index < -0.39 is 0 Å². The van der Waals surface area contributed by atoms with E-state index in [9.17, 15) is 4.79 Å². The van der Waals surface area contributed by atoms with E-state index >= 15 is 0 Å². The average molecular weight is 268 g/mol. The van der Waals surface area contributed by atoms with Crippen molar-refractivity contribution in [1.82, 2.24) is 15.4 Å². The van der Waals surface area contributed by atoms with Crippen LogP contribution in [0.5, 0.6) is 0 Å². The van der Waals surface area contributed by atoms with Crippen LogP contribution in [0, 0.1) is 6.92 Å². The lowest BCUT2D eigenvalue weighted by molar-refractivity contribution is 0.102.